The molecule has 10 nitrogen and oxygen atoms in total. The molecule has 0 aliphatic heterocycles. The van der Waals surface area contributed by atoms with Crippen molar-refractivity contribution in [1.82, 2.24) is 30.4 Å². The Bertz CT molecular complexity index is 1150. The highest BCUT2D eigenvalue weighted by Gasteiger charge is 2.09. The van der Waals surface area contributed by atoms with Crippen LogP contribution in [0.5, 0.6) is 0 Å². The summed E-state index contributed by atoms with van der Waals surface area (Å²) in [6.45, 7) is 3.81. The molecule has 4 aromatic heterocycles. The van der Waals surface area contributed by atoms with E-state index in [1.165, 1.54) is 0 Å². The first kappa shape index (κ1) is 20.8. The van der Waals surface area contributed by atoms with Gasteiger partial charge in [-0.25, -0.2) is 9.97 Å². The summed E-state index contributed by atoms with van der Waals surface area (Å²) in [5, 5.41) is 21.4. The van der Waals surface area contributed by atoms with Crippen molar-refractivity contribution in [2.75, 3.05) is 22.1 Å². The van der Waals surface area contributed by atoms with E-state index in [0.29, 0.717) is 47.0 Å². The van der Waals surface area contributed by atoms with Crippen molar-refractivity contribution in [2.24, 2.45) is 0 Å². The molecule has 0 radical (unpaired) electrons. The summed E-state index contributed by atoms with van der Waals surface area (Å²) in [6, 6.07) is 3.71. The number of H-pyrrole nitrogens is 2. The quantitative estimate of drug-likeness (QED) is 0.310. The maximum absolute atomic E-state index is 12.2. The molecule has 160 valence electrons. The number of nitrogens with zero attached hydrogens (tertiary/aromatic N) is 4. The van der Waals surface area contributed by atoms with Gasteiger partial charge in [0.15, 0.2) is 11.3 Å². The fourth-order valence-corrected chi connectivity index (χ4v) is 3.92. The third-order valence-electron chi connectivity index (χ3n) is 4.71. The fourth-order valence-electron chi connectivity index (χ4n) is 3.05. The fraction of sp³-hybridized carbons (Fsp3) is 0.300. The summed E-state index contributed by atoms with van der Waals surface area (Å²) in [4.78, 5) is 32.7. The molecule has 0 aliphatic rings. The Labute approximate surface area is 182 Å². The second kappa shape index (κ2) is 9.13. The van der Waals surface area contributed by atoms with Crippen LogP contribution < -0.4 is 10.6 Å². The first-order valence-electron chi connectivity index (χ1n) is 9.78. The second-order valence-corrected chi connectivity index (χ2v) is 8.32. The van der Waals surface area contributed by atoms with Gasteiger partial charge in [0, 0.05) is 46.5 Å². The molecule has 0 spiro atoms. The highest BCUT2D eigenvalue weighted by atomic mass is 32.2. The largest absolute Gasteiger partial charge is 0.325 e. The van der Waals surface area contributed by atoms with Crippen molar-refractivity contribution in [2.45, 2.75) is 26.7 Å². The average molecular weight is 439 g/mol. The van der Waals surface area contributed by atoms with Gasteiger partial charge in [-0.2, -0.15) is 22.0 Å². The number of thioether (sulfide) groups is 1. The number of aromatic amines is 2. The molecule has 11 heteroatoms. The summed E-state index contributed by atoms with van der Waals surface area (Å²) in [5.41, 5.74) is 4.35. The molecule has 31 heavy (non-hydrogen) atoms. The van der Waals surface area contributed by atoms with Crippen LogP contribution in [0.15, 0.2) is 24.5 Å². The van der Waals surface area contributed by atoms with Crippen LogP contribution in [0.25, 0.3) is 22.1 Å². The van der Waals surface area contributed by atoms with E-state index in [1.807, 2.05) is 26.0 Å². The van der Waals surface area contributed by atoms with E-state index in [-0.39, 0.29) is 11.8 Å². The lowest BCUT2D eigenvalue weighted by Crippen LogP contribution is -2.14. The van der Waals surface area contributed by atoms with Crippen LogP contribution in [-0.4, -0.2) is 53.7 Å². The number of rotatable bonds is 8. The molecule has 0 unspecified atom stereocenters. The number of carbonyl (C=O) groups is 2. The van der Waals surface area contributed by atoms with E-state index in [2.05, 4.69) is 41.0 Å². The van der Waals surface area contributed by atoms with Gasteiger partial charge in [0.25, 0.3) is 0 Å². The summed E-state index contributed by atoms with van der Waals surface area (Å²) in [7, 11) is 0. The number of aromatic nitrogens is 6. The van der Waals surface area contributed by atoms with Crippen LogP contribution in [0.2, 0.25) is 0 Å². The Balaban J connectivity index is 1.17. The maximum Gasteiger partial charge on any atom is 0.225 e. The van der Waals surface area contributed by atoms with Crippen molar-refractivity contribution in [1.29, 1.82) is 0 Å². The molecule has 0 bridgehead atoms. The van der Waals surface area contributed by atoms with Crippen LogP contribution in [0.3, 0.4) is 0 Å². The van der Waals surface area contributed by atoms with Crippen molar-refractivity contribution in [3.63, 3.8) is 0 Å². The monoisotopic (exact) mass is 438 g/mol. The van der Waals surface area contributed by atoms with E-state index in [9.17, 15) is 9.59 Å². The van der Waals surface area contributed by atoms with E-state index in [4.69, 9.17) is 0 Å². The van der Waals surface area contributed by atoms with Gasteiger partial charge in [-0.15, -0.1) is 0 Å². The Morgan fingerprint density at radius 2 is 1.29 bits per heavy atom. The highest BCUT2D eigenvalue weighted by Crippen LogP contribution is 2.19. The zero-order valence-corrected chi connectivity index (χ0v) is 18.0. The Morgan fingerprint density at radius 1 is 0.839 bits per heavy atom. The third-order valence-corrected chi connectivity index (χ3v) is 5.70. The van der Waals surface area contributed by atoms with Crippen LogP contribution in [-0.2, 0) is 9.59 Å². The molecule has 4 rings (SSSR count). The normalized spacial score (nSPS) is 11.2. The smallest absolute Gasteiger partial charge is 0.225 e. The number of hydrogen-bond donors (Lipinski definition) is 4. The SMILES string of the molecule is Cc1[nH]nc2ncc(NC(=O)CCSCCC(=O)Nc3cnc4n[nH]c(C)c4c3)cc12. The van der Waals surface area contributed by atoms with Gasteiger partial charge in [-0.1, -0.05) is 0 Å². The number of anilines is 2. The molecule has 0 aliphatic carbocycles. The number of carbonyl (C=O) groups excluding carboxylic acids is 2. The van der Waals surface area contributed by atoms with Crippen molar-refractivity contribution >= 4 is 57.0 Å². The average Bonchev–Trinajstić information content (AvgIpc) is 3.30. The van der Waals surface area contributed by atoms with Gasteiger partial charge in [0.05, 0.1) is 23.8 Å². The van der Waals surface area contributed by atoms with E-state index in [1.54, 1.807) is 24.2 Å². The molecule has 4 heterocycles. The summed E-state index contributed by atoms with van der Waals surface area (Å²) < 4.78 is 0. The molecule has 4 aromatic rings. The van der Waals surface area contributed by atoms with Gasteiger partial charge >= 0.3 is 0 Å². The van der Waals surface area contributed by atoms with Crippen LogP contribution >= 0.6 is 11.8 Å². The van der Waals surface area contributed by atoms with Crippen molar-refractivity contribution < 1.29 is 9.59 Å². The molecular formula is C20H22N8O2S. The van der Waals surface area contributed by atoms with Gasteiger partial charge < -0.3 is 10.6 Å². The summed E-state index contributed by atoms with van der Waals surface area (Å²) in [5.74, 6) is 1.07. The maximum atomic E-state index is 12.2. The lowest BCUT2D eigenvalue weighted by Gasteiger charge is -2.06. The summed E-state index contributed by atoms with van der Waals surface area (Å²) >= 11 is 1.56. The van der Waals surface area contributed by atoms with Gasteiger partial charge in [-0.05, 0) is 26.0 Å². The first-order chi connectivity index (χ1) is 15.0. The van der Waals surface area contributed by atoms with Crippen LogP contribution in [0.4, 0.5) is 11.4 Å². The molecule has 2 amide bonds. The standard InChI is InChI=1S/C20H22N8O2S/c1-11-15-7-13(9-21-19(15)27-25-11)23-17(29)3-5-31-6-4-18(30)24-14-8-16-12(2)26-28-20(16)22-10-14/h7-10H,3-6H2,1-2H3,(H,23,29)(H,24,30)(H,21,25,27)(H,22,26,28). The molecule has 0 saturated heterocycles. The van der Waals surface area contributed by atoms with Gasteiger partial charge in [0.2, 0.25) is 11.8 Å². The van der Waals surface area contributed by atoms with Gasteiger partial charge in [0.1, 0.15) is 0 Å². The third kappa shape index (κ3) is 5.00. The highest BCUT2D eigenvalue weighted by molar-refractivity contribution is 7.99. The first-order valence-corrected chi connectivity index (χ1v) is 10.9. The Kier molecular flexibility index (Phi) is 6.12. The zero-order chi connectivity index (χ0) is 21.8. The number of aryl methyl sites for hydroxylation is 2. The van der Waals surface area contributed by atoms with Crippen LogP contribution in [0.1, 0.15) is 24.2 Å². The predicted molar refractivity (Wildman–Crippen MR) is 121 cm³/mol. The minimum Gasteiger partial charge on any atom is -0.325 e. The van der Waals surface area contributed by atoms with Crippen LogP contribution in [0, 0.1) is 13.8 Å². The van der Waals surface area contributed by atoms with E-state index in [0.717, 1.165) is 22.2 Å². The number of pyridine rings is 2. The summed E-state index contributed by atoms with van der Waals surface area (Å²) in [6.07, 6.45) is 3.90. The molecule has 0 saturated carbocycles. The zero-order valence-electron chi connectivity index (χ0n) is 17.2. The minimum absolute atomic E-state index is 0.0888. The van der Waals surface area contributed by atoms with Crippen molar-refractivity contribution in [3.8, 4) is 0 Å². The molecule has 4 N–H and O–H groups in total. The minimum atomic E-state index is -0.0888. The predicted octanol–water partition coefficient (Wildman–Crippen LogP) is 2.94. The van der Waals surface area contributed by atoms with E-state index < -0.39 is 0 Å². The van der Waals surface area contributed by atoms with E-state index >= 15 is 0 Å². The number of nitrogens with one attached hydrogen (secondary N) is 4. The number of fused-ring (bicyclic) bond motifs is 2. The Morgan fingerprint density at radius 3 is 1.74 bits per heavy atom. The molecular weight excluding hydrogens is 416 g/mol. The Hall–Kier alpha value is -3.47. The molecule has 0 atom stereocenters. The second-order valence-electron chi connectivity index (χ2n) is 7.10. The molecule has 0 fully saturated rings. The topological polar surface area (TPSA) is 141 Å². The van der Waals surface area contributed by atoms with Gasteiger partial charge in [-0.3, -0.25) is 19.8 Å². The lowest BCUT2D eigenvalue weighted by molar-refractivity contribution is -0.116. The van der Waals surface area contributed by atoms with Crippen molar-refractivity contribution in [3.05, 3.63) is 35.9 Å². The number of hydrogen-bond acceptors (Lipinski definition) is 7. The number of amides is 2. The lowest BCUT2D eigenvalue weighted by atomic mass is 10.2. The molecule has 0 aromatic carbocycles.